The summed E-state index contributed by atoms with van der Waals surface area (Å²) < 4.78 is 7.42. The molecule has 0 fully saturated rings. The average Bonchev–Trinajstić information content (AvgIpc) is 3.09. The van der Waals surface area contributed by atoms with Crippen LogP contribution < -0.4 is 36.6 Å². The second kappa shape index (κ2) is 11.2. The molecule has 0 bridgehead atoms. The van der Waals surface area contributed by atoms with Crippen LogP contribution in [0.3, 0.4) is 0 Å². The maximum atomic E-state index is 7.42. The number of rotatable bonds is 6. The molecule has 7 rings (SSSR count). The number of hydrogen-bond donors (Lipinski definition) is 0. The van der Waals surface area contributed by atoms with Crippen LogP contribution in [-0.2, 0) is 5.41 Å². The van der Waals surface area contributed by atoms with Gasteiger partial charge in [0.25, 0.3) is 0 Å². The molecule has 0 aromatic heterocycles. The average molecular weight is 611 g/mol. The van der Waals surface area contributed by atoms with Gasteiger partial charge in [-0.2, -0.15) is 0 Å². The van der Waals surface area contributed by atoms with Gasteiger partial charge in [0.1, 0.15) is 0 Å². The van der Waals surface area contributed by atoms with Crippen molar-refractivity contribution >= 4 is 46.4 Å². The number of benzene rings is 6. The van der Waals surface area contributed by atoms with Crippen LogP contribution in [0.1, 0.15) is 25.0 Å². The number of hydrogen-bond acceptors (Lipinski definition) is 1. The minimum atomic E-state index is -2.45. The Balaban J connectivity index is 1.50. The van der Waals surface area contributed by atoms with E-state index in [9.17, 15) is 0 Å². The van der Waals surface area contributed by atoms with Gasteiger partial charge in [0.2, 0.25) is 0 Å². The van der Waals surface area contributed by atoms with E-state index in [-0.39, 0.29) is 5.41 Å². The fourth-order valence-corrected chi connectivity index (χ4v) is 14.8. The summed E-state index contributed by atoms with van der Waals surface area (Å²) in [7, 11) is -4.89. The molecule has 1 heterocycles. The van der Waals surface area contributed by atoms with Gasteiger partial charge in [0.15, 0.2) is 0 Å². The van der Waals surface area contributed by atoms with Gasteiger partial charge in [-0.15, -0.1) is 0 Å². The SMILES string of the molecule is CC1(C)c2cccc([PH](C)(c3ccccc3)c3ccccc3)c2Oc2c1cccc2[PH](C)(c1ccccc1)c1ccccc1. The molecule has 0 aliphatic carbocycles. The van der Waals surface area contributed by atoms with Crippen LogP contribution in [0.25, 0.3) is 0 Å². The van der Waals surface area contributed by atoms with E-state index >= 15 is 0 Å². The van der Waals surface area contributed by atoms with Gasteiger partial charge >= 0.3 is 264 Å². The summed E-state index contributed by atoms with van der Waals surface area (Å²) in [6.07, 6.45) is 0. The Morgan fingerprint density at radius 3 is 0.977 bits per heavy atom. The van der Waals surface area contributed by atoms with Gasteiger partial charge < -0.3 is 0 Å². The van der Waals surface area contributed by atoms with Crippen molar-refractivity contribution in [3.63, 3.8) is 0 Å². The van der Waals surface area contributed by atoms with Crippen molar-refractivity contribution in [1.82, 2.24) is 0 Å². The van der Waals surface area contributed by atoms with Crippen molar-refractivity contribution < 1.29 is 4.74 Å². The molecule has 0 spiro atoms. The third kappa shape index (κ3) is 4.45. The first kappa shape index (κ1) is 28.7. The molecule has 220 valence electrons. The molecule has 0 saturated heterocycles. The first-order chi connectivity index (χ1) is 21.4. The molecular formula is C41H40OP2. The number of fused-ring (bicyclic) bond motifs is 2. The van der Waals surface area contributed by atoms with E-state index < -0.39 is 14.5 Å². The van der Waals surface area contributed by atoms with Crippen molar-refractivity contribution in [2.45, 2.75) is 19.3 Å². The van der Waals surface area contributed by atoms with E-state index in [1.54, 1.807) is 0 Å². The third-order valence-electron chi connectivity index (χ3n) is 10.1. The molecule has 6 aromatic carbocycles. The second-order valence-electron chi connectivity index (χ2n) is 12.8. The quantitative estimate of drug-likeness (QED) is 0.178. The maximum absolute atomic E-state index is 7.42. The normalized spacial score (nSPS) is 14.5. The predicted octanol–water partition coefficient (Wildman–Crippen LogP) is 7.43. The Bertz CT molecular complexity index is 1700. The van der Waals surface area contributed by atoms with Crippen molar-refractivity contribution in [3.8, 4) is 11.5 Å². The first-order valence-electron chi connectivity index (χ1n) is 15.5. The fourth-order valence-electron chi connectivity index (χ4n) is 7.35. The molecule has 3 heteroatoms. The standard InChI is InChI=1S/C41H40OP2/c1-41(2)35-27-17-29-37(43(3,31-19-9-5-10-20-31)32-21-11-6-12-22-32)39(35)42-40-36(41)28-18-30-38(40)44(4,33-23-13-7-14-24-33)34-25-15-8-16-26-34/h5-30,43-44H,1-4H3. The Labute approximate surface area is 263 Å². The molecule has 0 amide bonds. The zero-order valence-electron chi connectivity index (χ0n) is 25.9. The van der Waals surface area contributed by atoms with Gasteiger partial charge in [-0.05, 0) is 0 Å². The summed E-state index contributed by atoms with van der Waals surface area (Å²) in [4.78, 5) is 0. The summed E-state index contributed by atoms with van der Waals surface area (Å²) in [5.74, 6) is 2.08. The molecule has 44 heavy (non-hydrogen) atoms. The van der Waals surface area contributed by atoms with E-state index in [2.05, 4.69) is 185 Å². The molecule has 1 nitrogen and oxygen atoms in total. The monoisotopic (exact) mass is 610 g/mol. The van der Waals surface area contributed by atoms with Crippen molar-refractivity contribution in [2.24, 2.45) is 0 Å². The van der Waals surface area contributed by atoms with E-state index in [0.29, 0.717) is 0 Å². The minimum absolute atomic E-state index is 0.236. The van der Waals surface area contributed by atoms with Gasteiger partial charge in [0.05, 0.1) is 0 Å². The Hall–Kier alpha value is -4.02. The van der Waals surface area contributed by atoms with Crippen molar-refractivity contribution in [2.75, 3.05) is 13.3 Å². The molecule has 0 saturated carbocycles. The van der Waals surface area contributed by atoms with Gasteiger partial charge in [-0.3, -0.25) is 0 Å². The molecule has 0 N–H and O–H groups in total. The molecular weight excluding hydrogens is 570 g/mol. The predicted molar refractivity (Wildman–Crippen MR) is 197 cm³/mol. The van der Waals surface area contributed by atoms with E-state index in [0.717, 1.165) is 11.5 Å². The van der Waals surface area contributed by atoms with Crippen LogP contribution in [0, 0.1) is 0 Å². The molecule has 0 unspecified atom stereocenters. The summed E-state index contributed by atoms with van der Waals surface area (Å²) in [5.41, 5.74) is 2.28. The van der Waals surface area contributed by atoms with E-state index in [1.165, 1.54) is 43.0 Å². The van der Waals surface area contributed by atoms with E-state index in [1.807, 2.05) is 0 Å². The summed E-state index contributed by atoms with van der Waals surface area (Å²) in [6, 6.07) is 58.0. The summed E-state index contributed by atoms with van der Waals surface area (Å²) in [5, 5.41) is 8.17. The van der Waals surface area contributed by atoms with Gasteiger partial charge in [-0.1, -0.05) is 0 Å². The van der Waals surface area contributed by atoms with Crippen LogP contribution >= 0.6 is 14.5 Å². The molecule has 1 aliphatic heterocycles. The van der Waals surface area contributed by atoms with Crippen molar-refractivity contribution in [1.29, 1.82) is 0 Å². The zero-order valence-corrected chi connectivity index (χ0v) is 27.9. The van der Waals surface area contributed by atoms with Gasteiger partial charge in [0, 0.05) is 0 Å². The third-order valence-corrected chi connectivity index (χ3v) is 19.0. The van der Waals surface area contributed by atoms with Gasteiger partial charge in [-0.25, -0.2) is 0 Å². The first-order valence-corrected chi connectivity index (χ1v) is 20.5. The Morgan fingerprint density at radius 1 is 0.386 bits per heavy atom. The van der Waals surface area contributed by atoms with Crippen LogP contribution in [0.15, 0.2) is 158 Å². The summed E-state index contributed by atoms with van der Waals surface area (Å²) in [6.45, 7) is 9.71. The van der Waals surface area contributed by atoms with E-state index in [4.69, 9.17) is 4.74 Å². The van der Waals surface area contributed by atoms with Crippen LogP contribution in [0.5, 0.6) is 11.5 Å². The van der Waals surface area contributed by atoms with Crippen LogP contribution in [-0.4, -0.2) is 13.3 Å². The topological polar surface area (TPSA) is 9.23 Å². The van der Waals surface area contributed by atoms with Crippen molar-refractivity contribution in [3.05, 3.63) is 169 Å². The second-order valence-corrected chi connectivity index (χ2v) is 20.7. The Kier molecular flexibility index (Phi) is 7.29. The molecule has 0 radical (unpaired) electrons. The number of para-hydroxylation sites is 2. The zero-order chi connectivity index (χ0) is 30.4. The fraction of sp³-hybridized carbons (Fsp3) is 0.122. The molecule has 6 aromatic rings. The van der Waals surface area contributed by atoms with Crippen LogP contribution in [0.2, 0.25) is 0 Å². The summed E-state index contributed by atoms with van der Waals surface area (Å²) >= 11 is 0. The van der Waals surface area contributed by atoms with Crippen LogP contribution in [0.4, 0.5) is 0 Å². The number of ether oxygens (including phenoxy) is 1. The molecule has 1 aliphatic rings. The Morgan fingerprint density at radius 2 is 0.682 bits per heavy atom. The molecule has 0 atom stereocenters.